The van der Waals surface area contributed by atoms with Crippen LogP contribution in [0.1, 0.15) is 33.7 Å². The Kier molecular flexibility index (Phi) is 6.91. The molecule has 1 aliphatic carbocycles. The highest BCUT2D eigenvalue weighted by atomic mass is 15.0. The van der Waals surface area contributed by atoms with E-state index in [2.05, 4.69) is 84.9 Å². The summed E-state index contributed by atoms with van der Waals surface area (Å²) in [6.45, 7) is 0. The lowest BCUT2D eigenvalue weighted by Gasteiger charge is -2.16. The summed E-state index contributed by atoms with van der Waals surface area (Å²) in [7, 11) is 0. The topological polar surface area (TPSA) is 86.2 Å². The molecule has 0 saturated heterocycles. The van der Waals surface area contributed by atoms with Crippen molar-refractivity contribution in [3.05, 3.63) is 173 Å². The normalized spacial score (nSPS) is 11.7. The summed E-state index contributed by atoms with van der Waals surface area (Å²) in [6.07, 6.45) is 0. The molecule has 218 valence electrons. The van der Waals surface area contributed by atoms with E-state index in [1.807, 2.05) is 60.7 Å². The van der Waals surface area contributed by atoms with E-state index in [4.69, 9.17) is 15.0 Å². The Morgan fingerprint density at radius 3 is 1.64 bits per heavy atom. The minimum absolute atomic E-state index is 0.115. The average Bonchev–Trinajstić information content (AvgIpc) is 3.49. The van der Waals surface area contributed by atoms with Crippen molar-refractivity contribution in [1.82, 2.24) is 15.0 Å². The number of benzene rings is 6. The van der Waals surface area contributed by atoms with E-state index in [1.54, 1.807) is 12.1 Å². The molecule has 0 radical (unpaired) electrons. The molecular weight excluding hydrogens is 574 g/mol. The number of hydrogen-bond donors (Lipinski definition) is 0. The van der Waals surface area contributed by atoms with Gasteiger partial charge in [0.25, 0.3) is 0 Å². The first kappa shape index (κ1) is 27.8. The molecule has 0 aliphatic heterocycles. The minimum Gasteiger partial charge on any atom is -0.208 e. The van der Waals surface area contributed by atoms with Crippen molar-refractivity contribution in [2.24, 2.45) is 0 Å². The van der Waals surface area contributed by atoms with Gasteiger partial charge < -0.3 is 0 Å². The van der Waals surface area contributed by atoms with Gasteiger partial charge in [-0.25, -0.2) is 15.0 Å². The first-order valence-electron chi connectivity index (χ1n) is 15.3. The largest absolute Gasteiger partial charge is 0.208 e. The first-order valence-corrected chi connectivity index (χ1v) is 15.3. The van der Waals surface area contributed by atoms with Crippen molar-refractivity contribution in [2.45, 2.75) is 5.92 Å². The van der Waals surface area contributed by atoms with Crippen molar-refractivity contribution < 1.29 is 0 Å². The van der Waals surface area contributed by atoms with Gasteiger partial charge in [-0.05, 0) is 69.3 Å². The van der Waals surface area contributed by atoms with Crippen LogP contribution in [0.3, 0.4) is 0 Å². The number of nitrogens with zero attached hydrogens (tertiary/aromatic N) is 5. The van der Waals surface area contributed by atoms with Gasteiger partial charge in [-0.1, -0.05) is 115 Å². The number of fused-ring (bicyclic) bond motifs is 3. The summed E-state index contributed by atoms with van der Waals surface area (Å²) in [5.41, 5.74) is 11.5. The van der Waals surface area contributed by atoms with Crippen LogP contribution >= 0.6 is 0 Å². The molecule has 0 fully saturated rings. The summed E-state index contributed by atoms with van der Waals surface area (Å²) >= 11 is 0. The summed E-state index contributed by atoms with van der Waals surface area (Å²) in [4.78, 5) is 14.6. The van der Waals surface area contributed by atoms with Gasteiger partial charge >= 0.3 is 0 Å². The molecule has 1 aliphatic rings. The Morgan fingerprint density at radius 1 is 0.404 bits per heavy atom. The predicted molar refractivity (Wildman–Crippen MR) is 184 cm³/mol. The maximum atomic E-state index is 10.1. The van der Waals surface area contributed by atoms with E-state index in [9.17, 15) is 10.5 Å². The third-order valence-corrected chi connectivity index (χ3v) is 8.62. The van der Waals surface area contributed by atoms with Crippen molar-refractivity contribution >= 4 is 0 Å². The number of aromatic nitrogens is 3. The molecule has 8 rings (SSSR count). The van der Waals surface area contributed by atoms with Crippen molar-refractivity contribution in [2.75, 3.05) is 0 Å². The maximum absolute atomic E-state index is 10.1. The van der Waals surface area contributed by atoms with Crippen LogP contribution in [0.4, 0.5) is 0 Å². The Labute approximate surface area is 272 Å². The molecule has 1 aromatic heterocycles. The molecule has 0 saturated carbocycles. The fraction of sp³-hybridized carbons (Fsp3) is 0.0238. The molecule has 0 bridgehead atoms. The highest BCUT2D eigenvalue weighted by Gasteiger charge is 2.29. The highest BCUT2D eigenvalue weighted by molar-refractivity contribution is 5.82. The van der Waals surface area contributed by atoms with Crippen LogP contribution in [0.25, 0.3) is 56.4 Å². The summed E-state index contributed by atoms with van der Waals surface area (Å²) in [5, 5.41) is 19.6. The molecule has 0 amide bonds. The van der Waals surface area contributed by atoms with E-state index < -0.39 is 0 Å². The second kappa shape index (κ2) is 11.7. The summed E-state index contributed by atoms with van der Waals surface area (Å²) < 4.78 is 0. The monoisotopic (exact) mass is 599 g/mol. The van der Waals surface area contributed by atoms with Crippen molar-refractivity contribution in [3.8, 4) is 68.6 Å². The Bertz CT molecular complexity index is 2350. The third-order valence-electron chi connectivity index (χ3n) is 8.62. The van der Waals surface area contributed by atoms with Gasteiger partial charge in [-0.2, -0.15) is 10.5 Å². The Morgan fingerprint density at radius 2 is 0.936 bits per heavy atom. The molecule has 0 spiro atoms. The molecule has 6 aromatic carbocycles. The standard InChI is InChI=1S/C42H25N5/c43-25-27-10-8-15-32(20-27)41-45-40(29-11-2-1-3-12-29)46-42(47-41)34-22-28(26-44)21-33(24-34)30-13-9-14-31(23-30)39-37-18-6-4-16-35(37)36-17-5-7-19-38(36)39/h1-24,39H. The minimum atomic E-state index is 0.115. The number of hydrogen-bond acceptors (Lipinski definition) is 5. The highest BCUT2D eigenvalue weighted by Crippen LogP contribution is 2.48. The maximum Gasteiger partial charge on any atom is 0.164 e. The molecule has 47 heavy (non-hydrogen) atoms. The van der Waals surface area contributed by atoms with Gasteiger partial charge in [-0.15, -0.1) is 0 Å². The van der Waals surface area contributed by atoms with Crippen LogP contribution < -0.4 is 0 Å². The van der Waals surface area contributed by atoms with Gasteiger partial charge in [0.05, 0.1) is 23.3 Å². The number of nitriles is 2. The van der Waals surface area contributed by atoms with Crippen LogP contribution in [0.5, 0.6) is 0 Å². The lowest BCUT2D eigenvalue weighted by molar-refractivity contribution is 1.02. The van der Waals surface area contributed by atoms with Crippen LogP contribution in [0, 0.1) is 22.7 Å². The third kappa shape index (κ3) is 5.13. The molecular formula is C42H25N5. The number of rotatable bonds is 5. The quantitative estimate of drug-likeness (QED) is 0.197. The van der Waals surface area contributed by atoms with E-state index in [0.29, 0.717) is 39.7 Å². The SMILES string of the molecule is N#Cc1cccc(-c2nc(-c3ccccc3)nc(-c3cc(C#N)cc(-c4cccc(C5c6ccccc6-c6ccccc65)c4)c3)n2)c1. The van der Waals surface area contributed by atoms with Crippen LogP contribution in [0.15, 0.2) is 146 Å². The second-order valence-corrected chi connectivity index (χ2v) is 11.5. The smallest absolute Gasteiger partial charge is 0.164 e. The van der Waals surface area contributed by atoms with Gasteiger partial charge in [0.15, 0.2) is 17.5 Å². The zero-order chi connectivity index (χ0) is 31.7. The van der Waals surface area contributed by atoms with Crippen LogP contribution in [-0.2, 0) is 0 Å². The molecule has 0 unspecified atom stereocenters. The van der Waals surface area contributed by atoms with Crippen molar-refractivity contribution in [3.63, 3.8) is 0 Å². The van der Waals surface area contributed by atoms with Crippen LogP contribution in [-0.4, -0.2) is 15.0 Å². The molecule has 0 N–H and O–H groups in total. The average molecular weight is 600 g/mol. The molecule has 5 heteroatoms. The molecule has 0 atom stereocenters. The van der Waals surface area contributed by atoms with E-state index >= 15 is 0 Å². The van der Waals surface area contributed by atoms with E-state index in [1.165, 1.54) is 27.8 Å². The lowest BCUT2D eigenvalue weighted by atomic mass is 9.87. The van der Waals surface area contributed by atoms with Crippen LogP contribution in [0.2, 0.25) is 0 Å². The fourth-order valence-corrected chi connectivity index (χ4v) is 6.48. The van der Waals surface area contributed by atoms with Gasteiger partial charge in [0, 0.05) is 22.6 Å². The zero-order valence-corrected chi connectivity index (χ0v) is 25.2. The molecule has 7 aromatic rings. The summed E-state index contributed by atoms with van der Waals surface area (Å²) in [6, 6.07) is 53.1. The molecule has 5 nitrogen and oxygen atoms in total. The lowest BCUT2D eigenvalue weighted by Crippen LogP contribution is -2.01. The molecule has 1 heterocycles. The Balaban J connectivity index is 1.26. The van der Waals surface area contributed by atoms with Gasteiger partial charge in [0.1, 0.15) is 0 Å². The second-order valence-electron chi connectivity index (χ2n) is 11.5. The van der Waals surface area contributed by atoms with E-state index in [-0.39, 0.29) is 5.92 Å². The predicted octanol–water partition coefficient (Wildman–Crippen LogP) is 9.44. The first-order chi connectivity index (χ1) is 23.2. The van der Waals surface area contributed by atoms with Gasteiger partial charge in [0.2, 0.25) is 0 Å². The van der Waals surface area contributed by atoms with E-state index in [0.717, 1.165) is 16.7 Å². The van der Waals surface area contributed by atoms with Crippen molar-refractivity contribution in [1.29, 1.82) is 10.5 Å². The summed E-state index contributed by atoms with van der Waals surface area (Å²) in [5.74, 6) is 1.53. The zero-order valence-electron chi connectivity index (χ0n) is 25.2. The fourth-order valence-electron chi connectivity index (χ4n) is 6.48. The Hall–Kier alpha value is -6.69. The van der Waals surface area contributed by atoms with Gasteiger partial charge in [-0.3, -0.25) is 0 Å².